The number of likely N-dealkylation sites (tertiary alicyclic amines) is 1. The smallest absolute Gasteiger partial charge is 0.233 e. The Kier molecular flexibility index (Phi) is 3.73. The number of carbonyl (C=O) groups is 2. The molecule has 5 heteroatoms. The average molecular weight is 281 g/mol. The van der Waals surface area contributed by atoms with Crippen molar-refractivity contribution in [2.45, 2.75) is 19.4 Å². The van der Waals surface area contributed by atoms with Crippen molar-refractivity contribution >= 4 is 11.8 Å². The van der Waals surface area contributed by atoms with Crippen LogP contribution in [0.3, 0.4) is 0 Å². The van der Waals surface area contributed by atoms with Crippen LogP contribution in [0.1, 0.15) is 17.5 Å². The van der Waals surface area contributed by atoms with Crippen LogP contribution < -0.4 is 0 Å². The second-order valence-electron chi connectivity index (χ2n) is 5.15. The lowest BCUT2D eigenvalue weighted by molar-refractivity contribution is -0.140. The molecule has 0 N–H and O–H groups in total. The summed E-state index contributed by atoms with van der Waals surface area (Å²) in [7, 11) is 0. The number of aromatic nitrogens is 2. The molecule has 1 fully saturated rings. The average Bonchev–Trinajstić information content (AvgIpc) is 2.77. The summed E-state index contributed by atoms with van der Waals surface area (Å²) in [5, 5.41) is 0. The van der Waals surface area contributed by atoms with Gasteiger partial charge in [-0.3, -0.25) is 24.5 Å². The summed E-state index contributed by atoms with van der Waals surface area (Å²) in [5.74, 6) is -0.496. The van der Waals surface area contributed by atoms with Crippen LogP contribution in [0.15, 0.2) is 49.1 Å². The number of hydrogen-bond donors (Lipinski definition) is 0. The zero-order valence-corrected chi connectivity index (χ0v) is 11.5. The van der Waals surface area contributed by atoms with Crippen LogP contribution in [0.2, 0.25) is 0 Å². The van der Waals surface area contributed by atoms with Crippen LogP contribution in [0.4, 0.5) is 0 Å². The molecule has 2 aromatic heterocycles. The number of hydrogen-bond acceptors (Lipinski definition) is 4. The molecule has 1 atom stereocenters. The van der Waals surface area contributed by atoms with E-state index < -0.39 is 0 Å². The summed E-state index contributed by atoms with van der Waals surface area (Å²) < 4.78 is 0. The van der Waals surface area contributed by atoms with E-state index in [-0.39, 0.29) is 24.2 Å². The maximum atomic E-state index is 12.4. The summed E-state index contributed by atoms with van der Waals surface area (Å²) >= 11 is 0. The molecule has 2 amide bonds. The first-order chi connectivity index (χ1) is 10.2. The molecular weight excluding hydrogens is 266 g/mol. The Morgan fingerprint density at radius 3 is 2.33 bits per heavy atom. The van der Waals surface area contributed by atoms with Crippen LogP contribution in [-0.4, -0.2) is 26.7 Å². The minimum Gasteiger partial charge on any atom is -0.278 e. The Hall–Kier alpha value is -2.56. The molecule has 21 heavy (non-hydrogen) atoms. The number of rotatable bonds is 4. The van der Waals surface area contributed by atoms with Crippen molar-refractivity contribution < 1.29 is 9.59 Å². The van der Waals surface area contributed by atoms with Crippen molar-refractivity contribution in [2.75, 3.05) is 0 Å². The molecule has 0 radical (unpaired) electrons. The maximum Gasteiger partial charge on any atom is 0.233 e. The van der Waals surface area contributed by atoms with Crippen LogP contribution in [-0.2, 0) is 22.6 Å². The van der Waals surface area contributed by atoms with E-state index in [9.17, 15) is 9.59 Å². The molecule has 1 unspecified atom stereocenters. The highest BCUT2D eigenvalue weighted by Gasteiger charge is 2.38. The predicted molar refractivity (Wildman–Crippen MR) is 75.8 cm³/mol. The molecular formula is C16H15N3O2. The van der Waals surface area contributed by atoms with Gasteiger partial charge in [-0.2, -0.15) is 0 Å². The van der Waals surface area contributed by atoms with Gasteiger partial charge in [-0.25, -0.2) is 0 Å². The molecule has 1 aliphatic heterocycles. The highest BCUT2D eigenvalue weighted by molar-refractivity contribution is 6.03. The molecule has 3 heterocycles. The lowest BCUT2D eigenvalue weighted by Crippen LogP contribution is -2.30. The summed E-state index contributed by atoms with van der Waals surface area (Å²) in [6.45, 7) is 0.301. The standard InChI is InChI=1S/C16H15N3O2/c20-15-8-14(7-12-3-1-5-17-9-12)16(21)19(15)11-13-4-2-6-18-10-13/h1-6,9-10,14H,7-8,11H2. The topological polar surface area (TPSA) is 63.2 Å². The lowest BCUT2D eigenvalue weighted by atomic mass is 9.99. The van der Waals surface area contributed by atoms with Gasteiger partial charge in [0, 0.05) is 31.2 Å². The van der Waals surface area contributed by atoms with Gasteiger partial charge in [0.15, 0.2) is 0 Å². The Bertz CT molecular complexity index is 643. The third-order valence-corrected chi connectivity index (χ3v) is 3.61. The second kappa shape index (κ2) is 5.83. The minimum atomic E-state index is -0.279. The summed E-state index contributed by atoms with van der Waals surface area (Å²) in [4.78, 5) is 33.8. The van der Waals surface area contributed by atoms with E-state index in [4.69, 9.17) is 0 Å². The van der Waals surface area contributed by atoms with Crippen molar-refractivity contribution in [2.24, 2.45) is 5.92 Å². The molecule has 1 aliphatic rings. The fraction of sp³-hybridized carbons (Fsp3) is 0.250. The monoisotopic (exact) mass is 281 g/mol. The molecule has 1 saturated heterocycles. The van der Waals surface area contributed by atoms with E-state index >= 15 is 0 Å². The number of imide groups is 1. The van der Waals surface area contributed by atoms with Crippen molar-refractivity contribution in [3.8, 4) is 0 Å². The third-order valence-electron chi connectivity index (χ3n) is 3.61. The van der Waals surface area contributed by atoms with Crippen LogP contribution in [0.25, 0.3) is 0 Å². The van der Waals surface area contributed by atoms with Crippen molar-refractivity contribution in [1.29, 1.82) is 0 Å². The van der Waals surface area contributed by atoms with Gasteiger partial charge in [0.05, 0.1) is 12.5 Å². The third kappa shape index (κ3) is 2.97. The Balaban J connectivity index is 1.70. The first-order valence-corrected chi connectivity index (χ1v) is 6.86. The zero-order valence-electron chi connectivity index (χ0n) is 11.5. The Labute approximate surface area is 122 Å². The molecule has 106 valence electrons. The fourth-order valence-corrected chi connectivity index (χ4v) is 2.55. The number of pyridine rings is 2. The molecule has 0 saturated carbocycles. The first kappa shape index (κ1) is 13.4. The second-order valence-corrected chi connectivity index (χ2v) is 5.15. The Morgan fingerprint density at radius 2 is 1.71 bits per heavy atom. The highest BCUT2D eigenvalue weighted by Crippen LogP contribution is 2.24. The molecule has 0 spiro atoms. The van der Waals surface area contributed by atoms with Crippen LogP contribution >= 0.6 is 0 Å². The summed E-state index contributed by atoms with van der Waals surface area (Å²) in [6, 6.07) is 7.42. The lowest BCUT2D eigenvalue weighted by Gasteiger charge is -2.14. The molecule has 2 aromatic rings. The summed E-state index contributed by atoms with van der Waals surface area (Å²) in [6.07, 6.45) is 7.61. The molecule has 5 nitrogen and oxygen atoms in total. The van der Waals surface area contributed by atoms with Gasteiger partial charge in [-0.15, -0.1) is 0 Å². The van der Waals surface area contributed by atoms with Gasteiger partial charge in [0.2, 0.25) is 11.8 Å². The highest BCUT2D eigenvalue weighted by atomic mass is 16.2. The molecule has 0 bridgehead atoms. The van der Waals surface area contributed by atoms with Gasteiger partial charge >= 0.3 is 0 Å². The fourth-order valence-electron chi connectivity index (χ4n) is 2.55. The van der Waals surface area contributed by atoms with Crippen LogP contribution in [0, 0.1) is 5.92 Å². The largest absolute Gasteiger partial charge is 0.278 e. The molecule has 0 aromatic carbocycles. The normalized spacial score (nSPS) is 18.3. The van der Waals surface area contributed by atoms with E-state index in [1.165, 1.54) is 4.90 Å². The van der Waals surface area contributed by atoms with E-state index in [0.29, 0.717) is 13.0 Å². The quantitative estimate of drug-likeness (QED) is 0.798. The number of amides is 2. The van der Waals surface area contributed by atoms with Crippen LogP contribution in [0.5, 0.6) is 0 Å². The van der Waals surface area contributed by atoms with E-state index in [1.54, 1.807) is 30.9 Å². The maximum absolute atomic E-state index is 12.4. The SMILES string of the molecule is O=C1CC(Cc2cccnc2)C(=O)N1Cc1cccnc1. The van der Waals surface area contributed by atoms with Gasteiger partial charge < -0.3 is 0 Å². The van der Waals surface area contributed by atoms with Crippen molar-refractivity contribution in [3.63, 3.8) is 0 Å². The minimum absolute atomic E-state index is 0.104. The van der Waals surface area contributed by atoms with Crippen molar-refractivity contribution in [1.82, 2.24) is 14.9 Å². The summed E-state index contributed by atoms with van der Waals surface area (Å²) in [5.41, 5.74) is 1.84. The van der Waals surface area contributed by atoms with Gasteiger partial charge in [-0.1, -0.05) is 12.1 Å². The first-order valence-electron chi connectivity index (χ1n) is 6.86. The molecule has 0 aliphatic carbocycles. The number of nitrogens with zero attached hydrogens (tertiary/aromatic N) is 3. The Morgan fingerprint density at radius 1 is 1.05 bits per heavy atom. The van der Waals surface area contributed by atoms with Gasteiger partial charge in [0.25, 0.3) is 0 Å². The predicted octanol–water partition coefficient (Wildman–Crippen LogP) is 1.59. The van der Waals surface area contributed by atoms with Gasteiger partial charge in [0.1, 0.15) is 0 Å². The van der Waals surface area contributed by atoms with Crippen molar-refractivity contribution in [3.05, 3.63) is 60.2 Å². The van der Waals surface area contributed by atoms with E-state index in [1.807, 2.05) is 18.2 Å². The zero-order chi connectivity index (χ0) is 14.7. The number of carbonyl (C=O) groups excluding carboxylic acids is 2. The van der Waals surface area contributed by atoms with E-state index in [2.05, 4.69) is 9.97 Å². The van der Waals surface area contributed by atoms with Gasteiger partial charge in [-0.05, 0) is 29.7 Å². The molecule has 3 rings (SSSR count). The van der Waals surface area contributed by atoms with E-state index in [0.717, 1.165) is 11.1 Å².